The summed E-state index contributed by atoms with van der Waals surface area (Å²) >= 11 is 0. The van der Waals surface area contributed by atoms with Crippen molar-refractivity contribution < 1.29 is 22.7 Å². The van der Waals surface area contributed by atoms with Gasteiger partial charge < -0.3 is 5.11 Å². The van der Waals surface area contributed by atoms with Gasteiger partial charge in [-0.3, -0.25) is 9.52 Å². The summed E-state index contributed by atoms with van der Waals surface area (Å²) in [5.41, 5.74) is 1.28. The number of rotatable bonds is 6. The van der Waals surface area contributed by atoms with E-state index in [1.54, 1.807) is 25.1 Å². The van der Waals surface area contributed by atoms with Gasteiger partial charge in [-0.25, -0.2) is 12.8 Å². The number of benzene rings is 2. The number of nitrogens with one attached hydrogen (secondary N) is 1. The summed E-state index contributed by atoms with van der Waals surface area (Å²) in [6, 6.07) is 10.0. The summed E-state index contributed by atoms with van der Waals surface area (Å²) in [6.45, 7) is 1.71. The number of hydrogen-bond donors (Lipinski definition) is 2. The first-order chi connectivity index (χ1) is 10.8. The third-order valence-corrected chi connectivity index (χ3v) is 4.61. The molecule has 7 heteroatoms. The van der Waals surface area contributed by atoms with Crippen LogP contribution in [-0.2, 0) is 21.2 Å². The molecular weight excluding hydrogens is 321 g/mol. The van der Waals surface area contributed by atoms with Crippen LogP contribution in [0.25, 0.3) is 0 Å². The monoisotopic (exact) mass is 337 g/mol. The second-order valence-corrected chi connectivity index (χ2v) is 6.81. The van der Waals surface area contributed by atoms with Crippen molar-refractivity contribution in [3.8, 4) is 0 Å². The average Bonchev–Trinajstić information content (AvgIpc) is 2.48. The molecule has 2 N–H and O–H groups in total. The lowest BCUT2D eigenvalue weighted by Crippen LogP contribution is -2.14. The Bertz CT molecular complexity index is 816. The molecule has 23 heavy (non-hydrogen) atoms. The molecule has 0 aromatic heterocycles. The van der Waals surface area contributed by atoms with Gasteiger partial charge in [-0.05, 0) is 48.7 Å². The van der Waals surface area contributed by atoms with Gasteiger partial charge in [-0.15, -0.1) is 0 Å². The Morgan fingerprint density at radius 1 is 1.17 bits per heavy atom. The molecule has 0 aliphatic heterocycles. The van der Waals surface area contributed by atoms with Crippen molar-refractivity contribution in [2.45, 2.75) is 24.7 Å². The number of hydrogen-bond acceptors (Lipinski definition) is 3. The highest BCUT2D eigenvalue weighted by atomic mass is 32.2. The lowest BCUT2D eigenvalue weighted by molar-refractivity contribution is -0.136. The van der Waals surface area contributed by atoms with Crippen LogP contribution in [0.4, 0.5) is 10.1 Å². The fourth-order valence-electron chi connectivity index (χ4n) is 1.99. The number of carboxylic acid groups (broad SMARTS) is 1. The van der Waals surface area contributed by atoms with E-state index in [0.29, 0.717) is 17.5 Å². The maximum Gasteiger partial charge on any atom is 0.303 e. The quantitative estimate of drug-likeness (QED) is 0.849. The first kappa shape index (κ1) is 17.0. The Kier molecular flexibility index (Phi) is 5.00. The molecule has 0 amide bonds. The number of sulfonamides is 1. The van der Waals surface area contributed by atoms with Gasteiger partial charge in [0, 0.05) is 6.42 Å². The normalized spacial score (nSPS) is 11.2. The lowest BCUT2D eigenvalue weighted by Gasteiger charge is -2.10. The molecule has 0 saturated heterocycles. The van der Waals surface area contributed by atoms with Crippen LogP contribution in [0.3, 0.4) is 0 Å². The van der Waals surface area contributed by atoms with Crippen LogP contribution in [0.15, 0.2) is 47.4 Å². The van der Waals surface area contributed by atoms with Crippen molar-refractivity contribution >= 4 is 21.7 Å². The van der Waals surface area contributed by atoms with E-state index in [0.717, 1.165) is 0 Å². The van der Waals surface area contributed by atoms with Crippen molar-refractivity contribution in [2.75, 3.05) is 4.72 Å². The lowest BCUT2D eigenvalue weighted by atomic mass is 10.1. The molecule has 2 rings (SSSR count). The molecule has 0 spiro atoms. The predicted octanol–water partition coefficient (Wildman–Crippen LogP) is 2.95. The minimum absolute atomic E-state index is 0.0171. The molecule has 122 valence electrons. The first-order valence-corrected chi connectivity index (χ1v) is 8.36. The van der Waals surface area contributed by atoms with E-state index in [9.17, 15) is 17.6 Å². The maximum atomic E-state index is 13.8. The van der Waals surface area contributed by atoms with Crippen LogP contribution in [0.5, 0.6) is 0 Å². The predicted molar refractivity (Wildman–Crippen MR) is 84.3 cm³/mol. The summed E-state index contributed by atoms with van der Waals surface area (Å²) in [6.07, 6.45) is 0.286. The molecule has 0 radical (unpaired) electrons. The first-order valence-electron chi connectivity index (χ1n) is 6.87. The zero-order valence-electron chi connectivity index (χ0n) is 12.4. The summed E-state index contributed by atoms with van der Waals surface area (Å²) in [4.78, 5) is 10.5. The molecule has 0 bridgehead atoms. The topological polar surface area (TPSA) is 83.5 Å². The molecule has 2 aromatic carbocycles. The molecule has 0 aliphatic rings. The third kappa shape index (κ3) is 4.53. The number of aryl methyl sites for hydroxylation is 2. The fraction of sp³-hybridized carbons (Fsp3) is 0.188. The molecule has 0 saturated carbocycles. The van der Waals surface area contributed by atoms with Gasteiger partial charge in [0.05, 0.1) is 10.6 Å². The number of halogens is 1. The fourth-order valence-corrected chi connectivity index (χ4v) is 3.06. The molecular formula is C16H16FNO4S. The number of carboxylic acids is 1. The number of anilines is 1. The minimum atomic E-state index is -3.90. The third-order valence-electron chi connectivity index (χ3n) is 3.23. The molecule has 5 nitrogen and oxygen atoms in total. The molecule has 2 aromatic rings. The van der Waals surface area contributed by atoms with Crippen molar-refractivity contribution in [1.82, 2.24) is 0 Å². The highest BCUT2D eigenvalue weighted by Crippen LogP contribution is 2.20. The second kappa shape index (κ2) is 6.78. The van der Waals surface area contributed by atoms with E-state index in [1.807, 2.05) is 0 Å². The zero-order chi connectivity index (χ0) is 17.0. The molecule has 0 heterocycles. The highest BCUT2D eigenvalue weighted by Gasteiger charge is 2.16. The zero-order valence-corrected chi connectivity index (χ0v) is 13.2. The van der Waals surface area contributed by atoms with Crippen LogP contribution in [0, 0.1) is 12.7 Å². The maximum absolute atomic E-state index is 13.8. The Morgan fingerprint density at radius 2 is 1.83 bits per heavy atom. The standard InChI is InChI=1S/C16H16FNO4S/c1-11-2-8-15(14(17)10-11)18-23(21,22)13-6-3-12(4-7-13)5-9-16(19)20/h2-4,6-8,10,18H,5,9H2,1H3,(H,19,20). The van der Waals surface area contributed by atoms with Gasteiger partial charge in [0.15, 0.2) is 0 Å². The highest BCUT2D eigenvalue weighted by molar-refractivity contribution is 7.92. The van der Waals surface area contributed by atoms with E-state index in [-0.39, 0.29) is 17.0 Å². The smallest absolute Gasteiger partial charge is 0.303 e. The Morgan fingerprint density at radius 3 is 2.39 bits per heavy atom. The van der Waals surface area contributed by atoms with Gasteiger partial charge in [-0.2, -0.15) is 0 Å². The van der Waals surface area contributed by atoms with Crippen molar-refractivity contribution in [3.05, 3.63) is 59.4 Å². The van der Waals surface area contributed by atoms with Crippen molar-refractivity contribution in [2.24, 2.45) is 0 Å². The van der Waals surface area contributed by atoms with Crippen molar-refractivity contribution in [1.29, 1.82) is 0 Å². The number of carbonyl (C=O) groups is 1. The largest absolute Gasteiger partial charge is 0.481 e. The number of aliphatic carboxylic acids is 1. The van der Waals surface area contributed by atoms with Crippen LogP contribution in [0.1, 0.15) is 17.5 Å². The van der Waals surface area contributed by atoms with Gasteiger partial charge in [-0.1, -0.05) is 18.2 Å². The Hall–Kier alpha value is -2.41. The van der Waals surface area contributed by atoms with E-state index in [1.165, 1.54) is 24.3 Å². The van der Waals surface area contributed by atoms with Crippen LogP contribution >= 0.6 is 0 Å². The Balaban J connectivity index is 2.17. The van der Waals surface area contributed by atoms with E-state index in [4.69, 9.17) is 5.11 Å². The van der Waals surface area contributed by atoms with Crippen LogP contribution in [0.2, 0.25) is 0 Å². The molecule has 0 unspecified atom stereocenters. The van der Waals surface area contributed by atoms with Gasteiger partial charge in [0.25, 0.3) is 10.0 Å². The van der Waals surface area contributed by atoms with E-state index in [2.05, 4.69) is 4.72 Å². The summed E-state index contributed by atoms with van der Waals surface area (Å²) < 4.78 is 40.4. The van der Waals surface area contributed by atoms with Crippen LogP contribution < -0.4 is 4.72 Å². The summed E-state index contributed by atoms with van der Waals surface area (Å²) in [5, 5.41) is 8.63. The van der Waals surface area contributed by atoms with Gasteiger partial charge in [0.1, 0.15) is 5.82 Å². The Labute approximate surface area is 133 Å². The van der Waals surface area contributed by atoms with E-state index >= 15 is 0 Å². The summed E-state index contributed by atoms with van der Waals surface area (Å²) in [5.74, 6) is -1.56. The van der Waals surface area contributed by atoms with Gasteiger partial charge >= 0.3 is 5.97 Å². The van der Waals surface area contributed by atoms with Crippen LogP contribution in [-0.4, -0.2) is 19.5 Å². The van der Waals surface area contributed by atoms with E-state index < -0.39 is 21.8 Å². The average molecular weight is 337 g/mol. The SMILES string of the molecule is Cc1ccc(NS(=O)(=O)c2ccc(CCC(=O)O)cc2)c(F)c1. The second-order valence-electron chi connectivity index (χ2n) is 5.13. The summed E-state index contributed by atoms with van der Waals surface area (Å²) in [7, 11) is -3.90. The van der Waals surface area contributed by atoms with Gasteiger partial charge in [0.2, 0.25) is 0 Å². The minimum Gasteiger partial charge on any atom is -0.481 e. The molecule has 0 atom stereocenters. The van der Waals surface area contributed by atoms with Crippen molar-refractivity contribution in [3.63, 3.8) is 0 Å². The molecule has 0 fully saturated rings. The molecule has 0 aliphatic carbocycles.